The van der Waals surface area contributed by atoms with Crippen molar-refractivity contribution in [1.82, 2.24) is 0 Å². The van der Waals surface area contributed by atoms with Crippen LogP contribution in [0.25, 0.3) is 0 Å². The first-order chi connectivity index (χ1) is 7.13. The molecule has 1 nitrogen and oxygen atoms in total. The minimum absolute atomic E-state index is 0.421. The summed E-state index contributed by atoms with van der Waals surface area (Å²) in [6.45, 7) is 4.66. The molecule has 1 aromatic carbocycles. The Kier molecular flexibility index (Phi) is 3.08. The summed E-state index contributed by atoms with van der Waals surface area (Å²) in [6, 6.07) is 5.89. The van der Waals surface area contributed by atoms with Gasteiger partial charge < -0.3 is 0 Å². The Labute approximate surface area is 98.1 Å². The first-order valence-electron chi connectivity index (χ1n) is 5.64. The van der Waals surface area contributed by atoms with Crippen molar-refractivity contribution in [3.8, 4) is 5.75 Å². The van der Waals surface area contributed by atoms with Gasteiger partial charge >= 0.3 is 97.9 Å². The van der Waals surface area contributed by atoms with E-state index in [4.69, 9.17) is 0 Å². The van der Waals surface area contributed by atoms with E-state index in [0.717, 1.165) is 6.42 Å². The van der Waals surface area contributed by atoms with Crippen LogP contribution in [0.15, 0.2) is 18.2 Å². The van der Waals surface area contributed by atoms with Gasteiger partial charge in [0, 0.05) is 0 Å². The predicted molar refractivity (Wildman–Crippen MR) is 65.1 cm³/mol. The summed E-state index contributed by atoms with van der Waals surface area (Å²) in [5.74, 6) is 0.421. The first-order valence-corrected chi connectivity index (χ1v) is 7.35. The monoisotopic (exact) mass is 270 g/mol. The van der Waals surface area contributed by atoms with Gasteiger partial charge in [0.2, 0.25) is 0 Å². The summed E-state index contributed by atoms with van der Waals surface area (Å²) in [6.07, 6.45) is 5.11. The average Bonchev–Trinajstić information content (AvgIpc) is 2.51. The molecule has 1 aromatic rings. The maximum atomic E-state index is 9.45. The molecule has 0 fully saturated rings. The summed E-state index contributed by atoms with van der Waals surface area (Å²) in [7, 11) is 0. The number of hydrogen-bond donors (Lipinski definition) is 1. The van der Waals surface area contributed by atoms with Gasteiger partial charge in [-0.3, -0.25) is 0 Å². The van der Waals surface area contributed by atoms with Crippen LogP contribution >= 0.6 is 0 Å². The molecule has 1 N–H and O–H groups in total. The van der Waals surface area contributed by atoms with Crippen molar-refractivity contribution in [2.45, 2.75) is 43.8 Å². The Morgan fingerprint density at radius 2 is 2.27 bits per heavy atom. The second-order valence-electron chi connectivity index (χ2n) is 4.62. The fraction of sp³-hybridized carbons (Fsp3) is 0.538. The van der Waals surface area contributed by atoms with E-state index >= 15 is 0 Å². The number of phenols is 1. The van der Waals surface area contributed by atoms with Gasteiger partial charge in [0.1, 0.15) is 0 Å². The van der Waals surface area contributed by atoms with Crippen molar-refractivity contribution in [3.63, 3.8) is 0 Å². The molecule has 15 heavy (non-hydrogen) atoms. The van der Waals surface area contributed by atoms with Gasteiger partial charge in [-0.25, -0.2) is 0 Å². The Hall–Kier alpha value is -0.461. The topological polar surface area (TPSA) is 20.2 Å². The Balaban J connectivity index is 2.14. The van der Waals surface area contributed by atoms with Crippen LogP contribution < -0.4 is 4.46 Å². The first kappa shape index (κ1) is 11.0. The number of hydrogen-bond acceptors (Lipinski definition) is 1. The van der Waals surface area contributed by atoms with Gasteiger partial charge in [-0.15, -0.1) is 0 Å². The van der Waals surface area contributed by atoms with Crippen molar-refractivity contribution in [1.29, 1.82) is 0 Å². The van der Waals surface area contributed by atoms with Gasteiger partial charge in [0.05, 0.1) is 0 Å². The van der Waals surface area contributed by atoms with Crippen LogP contribution in [0.4, 0.5) is 0 Å². The van der Waals surface area contributed by atoms with Gasteiger partial charge in [-0.2, -0.15) is 0 Å². The molecule has 1 aliphatic rings. The van der Waals surface area contributed by atoms with E-state index in [9.17, 15) is 5.11 Å². The molecule has 1 heterocycles. The average molecular weight is 269 g/mol. The van der Waals surface area contributed by atoms with Gasteiger partial charge in [0.25, 0.3) is 0 Å². The predicted octanol–water partition coefficient (Wildman–Crippen LogP) is 2.65. The molecular weight excluding hydrogens is 251 g/mol. The molecule has 1 unspecified atom stereocenters. The molecule has 0 aliphatic carbocycles. The van der Waals surface area contributed by atoms with Crippen LogP contribution in [-0.2, 0) is 6.42 Å². The summed E-state index contributed by atoms with van der Waals surface area (Å²) < 4.78 is 2.00. The molecule has 0 spiro atoms. The zero-order valence-corrected chi connectivity index (χ0v) is 11.1. The zero-order chi connectivity index (χ0) is 10.9. The van der Waals surface area contributed by atoms with Crippen molar-refractivity contribution in [3.05, 3.63) is 23.8 Å². The van der Waals surface area contributed by atoms with Crippen LogP contribution in [0.3, 0.4) is 0 Å². The molecule has 0 aromatic heterocycles. The fourth-order valence-electron chi connectivity index (χ4n) is 2.20. The van der Waals surface area contributed by atoms with Crippen LogP contribution in [0.5, 0.6) is 5.75 Å². The van der Waals surface area contributed by atoms with E-state index in [1.54, 1.807) is 0 Å². The molecule has 0 radical (unpaired) electrons. The van der Waals surface area contributed by atoms with Crippen LogP contribution in [-0.4, -0.2) is 20.1 Å². The van der Waals surface area contributed by atoms with Crippen molar-refractivity contribution < 1.29 is 5.11 Å². The molecule has 0 saturated carbocycles. The summed E-state index contributed by atoms with van der Waals surface area (Å²) in [5, 5.41) is 9.45. The number of rotatable bonds is 3. The van der Waals surface area contributed by atoms with Crippen molar-refractivity contribution in [2.24, 2.45) is 0 Å². The standard InChI is InChI=1S/C13H18OSe/c1-3-4-7-13(2)9-10-8-11(14)5-6-12(10)15-13/h5-6,8,14H,3-4,7,9H2,1-2H3. The van der Waals surface area contributed by atoms with Crippen molar-refractivity contribution in [2.75, 3.05) is 0 Å². The maximum absolute atomic E-state index is 9.45. The van der Waals surface area contributed by atoms with Crippen LogP contribution in [0.1, 0.15) is 38.7 Å². The third kappa shape index (κ3) is 2.38. The molecule has 1 atom stereocenters. The third-order valence-electron chi connectivity index (χ3n) is 3.02. The number of fused-ring (bicyclic) bond motifs is 1. The number of phenolic OH excluding ortho intramolecular Hbond substituents is 1. The van der Waals surface area contributed by atoms with E-state index in [1.807, 2.05) is 12.1 Å². The molecule has 0 saturated heterocycles. The second kappa shape index (κ2) is 4.19. The Morgan fingerprint density at radius 1 is 1.47 bits per heavy atom. The molecule has 2 rings (SSSR count). The third-order valence-corrected chi connectivity index (χ3v) is 6.09. The summed E-state index contributed by atoms with van der Waals surface area (Å²) >= 11 is 0.588. The molecule has 0 bridgehead atoms. The van der Waals surface area contributed by atoms with Gasteiger partial charge in [-0.05, 0) is 0 Å². The van der Waals surface area contributed by atoms with Gasteiger partial charge in [0.15, 0.2) is 0 Å². The van der Waals surface area contributed by atoms with E-state index in [-0.39, 0.29) is 0 Å². The van der Waals surface area contributed by atoms with Crippen molar-refractivity contribution >= 4 is 19.4 Å². The quantitative estimate of drug-likeness (QED) is 0.836. The van der Waals surface area contributed by atoms with Crippen LogP contribution in [0.2, 0.25) is 4.31 Å². The Morgan fingerprint density at radius 3 is 3.00 bits per heavy atom. The van der Waals surface area contributed by atoms with Gasteiger partial charge in [-0.1, -0.05) is 0 Å². The second-order valence-corrected chi connectivity index (χ2v) is 8.04. The molecule has 2 heteroatoms. The normalized spacial score (nSPS) is 24.1. The minimum atomic E-state index is 0.421. The van der Waals surface area contributed by atoms with E-state index in [2.05, 4.69) is 19.9 Å². The molecule has 0 amide bonds. The Bertz CT molecular complexity index is 362. The summed E-state index contributed by atoms with van der Waals surface area (Å²) in [4.78, 5) is 0. The SMILES string of the molecule is CCCCC1(C)Cc2cc(O)ccc2[Se]1. The number of aromatic hydroxyl groups is 1. The number of benzene rings is 1. The fourth-order valence-corrected chi connectivity index (χ4v) is 5.14. The summed E-state index contributed by atoms with van der Waals surface area (Å²) in [5.41, 5.74) is 1.38. The van der Waals surface area contributed by atoms with Crippen LogP contribution in [0, 0.1) is 0 Å². The number of unbranched alkanes of at least 4 members (excludes halogenated alkanes) is 1. The van der Waals surface area contributed by atoms with E-state index in [0.29, 0.717) is 25.0 Å². The van der Waals surface area contributed by atoms with E-state index < -0.39 is 0 Å². The van der Waals surface area contributed by atoms with E-state index in [1.165, 1.54) is 29.3 Å². The molecule has 1 aliphatic heterocycles. The molecule has 82 valence electrons. The zero-order valence-electron chi connectivity index (χ0n) is 9.42. The molecular formula is C13H18OSe.